The molecule has 2 heterocycles. The van der Waals surface area contributed by atoms with Crippen LogP contribution in [-0.2, 0) is 6.54 Å². The minimum Gasteiger partial charge on any atom is -0.389 e. The molecule has 104 valence electrons. The average Bonchev–Trinajstić information content (AvgIpc) is 2.46. The van der Waals surface area contributed by atoms with Gasteiger partial charge in [0.05, 0.1) is 11.3 Å². The van der Waals surface area contributed by atoms with E-state index in [1.807, 2.05) is 18.2 Å². The van der Waals surface area contributed by atoms with Gasteiger partial charge in [-0.2, -0.15) is 0 Å². The molecular weight excluding hydrogens is 238 g/mol. The smallest absolute Gasteiger partial charge is 0.128 e. The molecule has 0 aromatic carbocycles. The summed E-state index contributed by atoms with van der Waals surface area (Å²) in [5.74, 6) is 1.41. The Morgan fingerprint density at radius 3 is 3.11 bits per heavy atom. The van der Waals surface area contributed by atoms with E-state index < -0.39 is 5.60 Å². The van der Waals surface area contributed by atoms with E-state index in [1.165, 1.54) is 12.8 Å². The lowest BCUT2D eigenvalue weighted by molar-refractivity contribution is -0.0613. The summed E-state index contributed by atoms with van der Waals surface area (Å²) in [7, 11) is 0. The van der Waals surface area contributed by atoms with E-state index in [0.29, 0.717) is 12.5 Å². The van der Waals surface area contributed by atoms with Gasteiger partial charge in [-0.3, -0.25) is 0 Å². The molecule has 2 aliphatic rings. The third-order valence-corrected chi connectivity index (χ3v) is 4.75. The van der Waals surface area contributed by atoms with Gasteiger partial charge in [-0.05, 0) is 31.4 Å². The van der Waals surface area contributed by atoms with Crippen molar-refractivity contribution in [2.24, 2.45) is 11.7 Å². The van der Waals surface area contributed by atoms with E-state index in [1.54, 1.807) is 0 Å². The zero-order chi connectivity index (χ0) is 13.3. The van der Waals surface area contributed by atoms with Gasteiger partial charge in [-0.25, -0.2) is 4.98 Å². The number of fused-ring (bicyclic) bond motifs is 1. The fraction of sp³-hybridized carbons (Fsp3) is 0.667. The summed E-state index contributed by atoms with van der Waals surface area (Å²) in [6, 6.07) is 6.03. The van der Waals surface area contributed by atoms with Crippen molar-refractivity contribution >= 4 is 5.82 Å². The minimum absolute atomic E-state index is 0.401. The van der Waals surface area contributed by atoms with Crippen molar-refractivity contribution in [3.05, 3.63) is 23.9 Å². The number of anilines is 1. The zero-order valence-corrected chi connectivity index (χ0v) is 11.4. The molecule has 3 rings (SSSR count). The SMILES string of the molecule is NCc1cccc(N2CCC3(O)CCCCC3C2)n1. The van der Waals surface area contributed by atoms with Gasteiger partial charge in [0, 0.05) is 25.6 Å². The molecule has 3 N–H and O–H groups in total. The lowest BCUT2D eigenvalue weighted by Gasteiger charge is -2.47. The summed E-state index contributed by atoms with van der Waals surface area (Å²) in [4.78, 5) is 6.90. The predicted molar refractivity (Wildman–Crippen MR) is 75.9 cm³/mol. The molecule has 4 heteroatoms. The summed E-state index contributed by atoms with van der Waals surface area (Å²) in [5.41, 5.74) is 6.17. The predicted octanol–water partition coefficient (Wildman–Crippen LogP) is 1.67. The number of hydrogen-bond donors (Lipinski definition) is 2. The molecule has 0 spiro atoms. The molecule has 1 aromatic rings. The summed E-state index contributed by atoms with van der Waals surface area (Å²) >= 11 is 0. The van der Waals surface area contributed by atoms with E-state index >= 15 is 0 Å². The van der Waals surface area contributed by atoms with Crippen LogP contribution in [0.2, 0.25) is 0 Å². The number of piperidine rings is 1. The Hall–Kier alpha value is -1.13. The highest BCUT2D eigenvalue weighted by Crippen LogP contribution is 2.40. The van der Waals surface area contributed by atoms with E-state index in [9.17, 15) is 5.11 Å². The van der Waals surface area contributed by atoms with Crippen LogP contribution in [0.1, 0.15) is 37.8 Å². The zero-order valence-electron chi connectivity index (χ0n) is 11.4. The van der Waals surface area contributed by atoms with Crippen molar-refractivity contribution < 1.29 is 5.11 Å². The number of aromatic nitrogens is 1. The third-order valence-electron chi connectivity index (χ3n) is 4.75. The summed E-state index contributed by atoms with van der Waals surface area (Å²) in [6.07, 6.45) is 5.41. The standard InChI is InChI=1S/C15H23N3O/c16-10-13-5-3-6-14(17-13)18-9-8-15(19)7-2-1-4-12(15)11-18/h3,5-6,12,19H,1-2,4,7-11,16H2. The number of nitrogens with two attached hydrogens (primary N) is 1. The van der Waals surface area contributed by atoms with Crippen molar-refractivity contribution in [2.75, 3.05) is 18.0 Å². The maximum atomic E-state index is 10.7. The van der Waals surface area contributed by atoms with Crippen LogP contribution in [-0.4, -0.2) is 28.8 Å². The molecule has 1 aliphatic carbocycles. The molecule has 2 unspecified atom stereocenters. The maximum Gasteiger partial charge on any atom is 0.128 e. The van der Waals surface area contributed by atoms with Crippen LogP contribution in [0, 0.1) is 5.92 Å². The molecule has 19 heavy (non-hydrogen) atoms. The van der Waals surface area contributed by atoms with Crippen LogP contribution in [0.3, 0.4) is 0 Å². The van der Waals surface area contributed by atoms with Gasteiger partial charge < -0.3 is 15.7 Å². The van der Waals surface area contributed by atoms with E-state index in [2.05, 4.69) is 9.88 Å². The van der Waals surface area contributed by atoms with Gasteiger partial charge in [-0.15, -0.1) is 0 Å². The van der Waals surface area contributed by atoms with E-state index in [0.717, 1.165) is 43.9 Å². The molecule has 0 amide bonds. The first kappa shape index (κ1) is 12.9. The quantitative estimate of drug-likeness (QED) is 0.850. The van der Waals surface area contributed by atoms with Crippen LogP contribution in [0.25, 0.3) is 0 Å². The number of aliphatic hydroxyl groups is 1. The molecule has 2 fully saturated rings. The van der Waals surface area contributed by atoms with Crippen LogP contribution in [0.5, 0.6) is 0 Å². The molecule has 4 nitrogen and oxygen atoms in total. The van der Waals surface area contributed by atoms with Crippen molar-refractivity contribution in [1.82, 2.24) is 4.98 Å². The maximum absolute atomic E-state index is 10.7. The highest BCUT2D eigenvalue weighted by Gasteiger charge is 2.42. The molecule has 1 aromatic heterocycles. The summed E-state index contributed by atoms with van der Waals surface area (Å²) in [6.45, 7) is 2.31. The molecule has 0 radical (unpaired) electrons. The molecule has 1 aliphatic heterocycles. The summed E-state index contributed by atoms with van der Waals surface area (Å²) in [5, 5.41) is 10.7. The van der Waals surface area contributed by atoms with Crippen LogP contribution < -0.4 is 10.6 Å². The first-order valence-corrected chi connectivity index (χ1v) is 7.34. The Kier molecular flexibility index (Phi) is 3.46. The Morgan fingerprint density at radius 1 is 1.37 bits per heavy atom. The lowest BCUT2D eigenvalue weighted by atomic mass is 9.71. The van der Waals surface area contributed by atoms with Gasteiger partial charge in [0.1, 0.15) is 5.82 Å². The second-order valence-electron chi connectivity index (χ2n) is 5.93. The first-order chi connectivity index (χ1) is 9.21. The fourth-order valence-electron chi connectivity index (χ4n) is 3.54. The number of hydrogen-bond acceptors (Lipinski definition) is 4. The number of pyridine rings is 1. The molecule has 1 saturated heterocycles. The minimum atomic E-state index is -0.416. The molecule has 1 saturated carbocycles. The normalized spacial score (nSPS) is 31.1. The highest BCUT2D eigenvalue weighted by molar-refractivity contribution is 5.40. The number of rotatable bonds is 2. The van der Waals surface area contributed by atoms with Gasteiger partial charge in [0.2, 0.25) is 0 Å². The third kappa shape index (κ3) is 2.47. The first-order valence-electron chi connectivity index (χ1n) is 7.34. The second-order valence-corrected chi connectivity index (χ2v) is 5.93. The van der Waals surface area contributed by atoms with Crippen molar-refractivity contribution in [2.45, 2.75) is 44.2 Å². The topological polar surface area (TPSA) is 62.4 Å². The Labute approximate surface area is 114 Å². The van der Waals surface area contributed by atoms with E-state index in [-0.39, 0.29) is 0 Å². The van der Waals surface area contributed by atoms with Crippen LogP contribution >= 0.6 is 0 Å². The molecular formula is C15H23N3O. The highest BCUT2D eigenvalue weighted by atomic mass is 16.3. The van der Waals surface area contributed by atoms with Gasteiger partial charge in [0.15, 0.2) is 0 Å². The fourth-order valence-corrected chi connectivity index (χ4v) is 3.54. The van der Waals surface area contributed by atoms with Gasteiger partial charge in [-0.1, -0.05) is 18.9 Å². The average molecular weight is 261 g/mol. The van der Waals surface area contributed by atoms with E-state index in [4.69, 9.17) is 5.73 Å². The van der Waals surface area contributed by atoms with Gasteiger partial charge >= 0.3 is 0 Å². The number of nitrogens with zero attached hydrogens (tertiary/aromatic N) is 2. The largest absolute Gasteiger partial charge is 0.389 e. The Balaban J connectivity index is 1.76. The second kappa shape index (κ2) is 5.10. The lowest BCUT2D eigenvalue weighted by Crippen LogP contribution is -2.53. The Bertz CT molecular complexity index is 451. The molecule has 2 atom stereocenters. The van der Waals surface area contributed by atoms with Crippen molar-refractivity contribution in [3.8, 4) is 0 Å². The monoisotopic (exact) mass is 261 g/mol. The van der Waals surface area contributed by atoms with Crippen LogP contribution in [0.4, 0.5) is 5.82 Å². The summed E-state index contributed by atoms with van der Waals surface area (Å²) < 4.78 is 0. The Morgan fingerprint density at radius 2 is 2.26 bits per heavy atom. The van der Waals surface area contributed by atoms with Gasteiger partial charge in [0.25, 0.3) is 0 Å². The van der Waals surface area contributed by atoms with Crippen molar-refractivity contribution in [3.63, 3.8) is 0 Å². The molecule has 0 bridgehead atoms. The van der Waals surface area contributed by atoms with Crippen LogP contribution in [0.15, 0.2) is 18.2 Å². The van der Waals surface area contributed by atoms with Crippen molar-refractivity contribution in [1.29, 1.82) is 0 Å².